The molecule has 0 radical (unpaired) electrons. The van der Waals surface area contributed by atoms with Crippen molar-refractivity contribution in [3.8, 4) is 0 Å². The Morgan fingerprint density at radius 2 is 1.81 bits per heavy atom. The van der Waals surface area contributed by atoms with Crippen LogP contribution in [0.25, 0.3) is 0 Å². The zero-order chi connectivity index (χ0) is 11.4. The molecule has 0 bridgehead atoms. The molecule has 0 saturated heterocycles. The van der Waals surface area contributed by atoms with Crippen LogP contribution < -0.4 is 0 Å². The number of rotatable bonds is 4. The van der Waals surface area contributed by atoms with E-state index in [1.165, 1.54) is 44.9 Å². The summed E-state index contributed by atoms with van der Waals surface area (Å²) >= 11 is 3.85. The Labute approximate surface area is 107 Å². The van der Waals surface area contributed by atoms with Crippen LogP contribution in [0.2, 0.25) is 0 Å². The fourth-order valence-electron chi connectivity index (χ4n) is 3.23. The molecule has 0 aromatic heterocycles. The molecule has 0 aliphatic heterocycles. The standard InChI is InChI=1S/C13H23BrO2/c1-15-8-9-16-12-10-11(14)13(12)6-4-2-3-5-7-13/h11-12H,2-10H2,1H3. The Hall–Kier alpha value is 0.400. The van der Waals surface area contributed by atoms with Gasteiger partial charge in [-0.25, -0.2) is 0 Å². The van der Waals surface area contributed by atoms with Gasteiger partial charge >= 0.3 is 0 Å². The van der Waals surface area contributed by atoms with Gasteiger partial charge in [-0.3, -0.25) is 0 Å². The van der Waals surface area contributed by atoms with Crippen LogP contribution in [0.5, 0.6) is 0 Å². The zero-order valence-corrected chi connectivity index (χ0v) is 11.8. The molecule has 2 aliphatic rings. The van der Waals surface area contributed by atoms with Crippen LogP contribution in [-0.2, 0) is 9.47 Å². The first-order valence-electron chi connectivity index (χ1n) is 6.54. The van der Waals surface area contributed by atoms with Gasteiger partial charge in [-0.1, -0.05) is 41.6 Å². The van der Waals surface area contributed by atoms with E-state index < -0.39 is 0 Å². The highest BCUT2D eigenvalue weighted by molar-refractivity contribution is 9.09. The fraction of sp³-hybridized carbons (Fsp3) is 1.00. The predicted octanol–water partition coefficient (Wildman–Crippen LogP) is 3.53. The lowest BCUT2D eigenvalue weighted by molar-refractivity contribution is -0.119. The second-order valence-corrected chi connectivity index (χ2v) is 6.31. The Morgan fingerprint density at radius 3 is 2.38 bits per heavy atom. The molecule has 1 spiro atoms. The summed E-state index contributed by atoms with van der Waals surface area (Å²) in [7, 11) is 1.73. The SMILES string of the molecule is COCCOC1CC(Br)C12CCCCCC2. The first-order chi connectivity index (χ1) is 7.79. The van der Waals surface area contributed by atoms with E-state index in [2.05, 4.69) is 15.9 Å². The van der Waals surface area contributed by atoms with Gasteiger partial charge in [-0.2, -0.15) is 0 Å². The van der Waals surface area contributed by atoms with Crippen LogP contribution in [0.15, 0.2) is 0 Å². The minimum absolute atomic E-state index is 0.449. The largest absolute Gasteiger partial charge is 0.382 e. The van der Waals surface area contributed by atoms with Gasteiger partial charge in [0.05, 0.1) is 19.3 Å². The van der Waals surface area contributed by atoms with Gasteiger partial charge in [0.2, 0.25) is 0 Å². The van der Waals surface area contributed by atoms with Crippen molar-refractivity contribution in [2.45, 2.75) is 55.9 Å². The highest BCUT2D eigenvalue weighted by Crippen LogP contribution is 2.55. The first kappa shape index (κ1) is 12.8. The van der Waals surface area contributed by atoms with E-state index in [0.29, 0.717) is 16.3 Å². The Morgan fingerprint density at radius 1 is 1.12 bits per heavy atom. The highest BCUT2D eigenvalue weighted by Gasteiger charge is 2.53. The van der Waals surface area contributed by atoms with Gasteiger partial charge in [-0.15, -0.1) is 0 Å². The van der Waals surface area contributed by atoms with E-state index in [1.54, 1.807) is 7.11 Å². The molecule has 2 fully saturated rings. The second-order valence-electron chi connectivity index (χ2n) is 5.20. The topological polar surface area (TPSA) is 18.5 Å². The molecule has 3 heteroatoms. The smallest absolute Gasteiger partial charge is 0.0704 e. The van der Waals surface area contributed by atoms with Crippen molar-refractivity contribution >= 4 is 15.9 Å². The van der Waals surface area contributed by atoms with Crippen LogP contribution in [0.1, 0.15) is 44.9 Å². The van der Waals surface area contributed by atoms with Crippen molar-refractivity contribution in [3.05, 3.63) is 0 Å². The highest BCUT2D eigenvalue weighted by atomic mass is 79.9. The van der Waals surface area contributed by atoms with Gasteiger partial charge in [0.15, 0.2) is 0 Å². The molecule has 94 valence electrons. The second kappa shape index (κ2) is 5.83. The Balaban J connectivity index is 1.88. The lowest BCUT2D eigenvalue weighted by atomic mass is 9.61. The molecule has 0 amide bonds. The molecule has 2 aliphatic carbocycles. The third-order valence-electron chi connectivity index (χ3n) is 4.33. The molecule has 0 aromatic rings. The van der Waals surface area contributed by atoms with Gasteiger partial charge < -0.3 is 9.47 Å². The van der Waals surface area contributed by atoms with Crippen LogP contribution in [-0.4, -0.2) is 31.3 Å². The van der Waals surface area contributed by atoms with Crippen LogP contribution >= 0.6 is 15.9 Å². The monoisotopic (exact) mass is 290 g/mol. The van der Waals surface area contributed by atoms with Crippen LogP contribution in [0, 0.1) is 5.41 Å². The molecule has 16 heavy (non-hydrogen) atoms. The maximum Gasteiger partial charge on any atom is 0.0704 e. The van der Waals surface area contributed by atoms with Crippen LogP contribution in [0.3, 0.4) is 0 Å². The average molecular weight is 291 g/mol. The fourth-order valence-corrected chi connectivity index (χ4v) is 4.32. The lowest BCUT2D eigenvalue weighted by Crippen LogP contribution is -2.55. The summed E-state index contributed by atoms with van der Waals surface area (Å²) in [6.07, 6.45) is 9.94. The summed E-state index contributed by atoms with van der Waals surface area (Å²) < 4.78 is 11.0. The first-order valence-corrected chi connectivity index (χ1v) is 7.46. The predicted molar refractivity (Wildman–Crippen MR) is 69.1 cm³/mol. The number of alkyl halides is 1. The minimum atomic E-state index is 0.449. The summed E-state index contributed by atoms with van der Waals surface area (Å²) in [6, 6.07) is 0. The van der Waals surface area contributed by atoms with Crippen molar-refractivity contribution < 1.29 is 9.47 Å². The van der Waals surface area contributed by atoms with E-state index in [9.17, 15) is 0 Å². The van der Waals surface area contributed by atoms with Crippen molar-refractivity contribution in [3.63, 3.8) is 0 Å². The quantitative estimate of drug-likeness (QED) is 0.583. The Bertz CT molecular complexity index is 212. The van der Waals surface area contributed by atoms with E-state index in [0.717, 1.165) is 13.2 Å². The maximum atomic E-state index is 5.98. The van der Waals surface area contributed by atoms with E-state index in [1.807, 2.05) is 0 Å². The normalized spacial score (nSPS) is 33.4. The van der Waals surface area contributed by atoms with Crippen molar-refractivity contribution in [2.24, 2.45) is 5.41 Å². The van der Waals surface area contributed by atoms with Crippen LogP contribution in [0.4, 0.5) is 0 Å². The molecule has 2 nitrogen and oxygen atoms in total. The molecule has 0 aromatic carbocycles. The zero-order valence-electron chi connectivity index (χ0n) is 10.2. The van der Waals surface area contributed by atoms with Gasteiger partial charge in [0.1, 0.15) is 0 Å². The molecule has 2 atom stereocenters. The molecule has 0 heterocycles. The molecule has 0 N–H and O–H groups in total. The average Bonchev–Trinajstić information content (AvgIpc) is 2.55. The molecule has 2 saturated carbocycles. The van der Waals surface area contributed by atoms with Crippen molar-refractivity contribution in [2.75, 3.05) is 20.3 Å². The Kier molecular flexibility index (Phi) is 4.68. The number of hydrogen-bond donors (Lipinski definition) is 0. The van der Waals surface area contributed by atoms with Gasteiger partial charge in [-0.05, 0) is 19.3 Å². The molecular formula is C13H23BrO2. The van der Waals surface area contributed by atoms with Crippen molar-refractivity contribution in [1.82, 2.24) is 0 Å². The van der Waals surface area contributed by atoms with E-state index in [-0.39, 0.29) is 0 Å². The van der Waals surface area contributed by atoms with E-state index >= 15 is 0 Å². The minimum Gasteiger partial charge on any atom is -0.382 e. The number of ether oxygens (including phenoxy) is 2. The number of hydrogen-bond acceptors (Lipinski definition) is 2. The summed E-state index contributed by atoms with van der Waals surface area (Å²) in [6.45, 7) is 1.47. The van der Waals surface area contributed by atoms with Gasteiger partial charge in [0.25, 0.3) is 0 Å². The van der Waals surface area contributed by atoms with Gasteiger partial charge in [0, 0.05) is 17.4 Å². The lowest BCUT2D eigenvalue weighted by Gasteiger charge is -2.53. The summed E-state index contributed by atoms with van der Waals surface area (Å²) in [5, 5.41) is 0. The maximum absolute atomic E-state index is 5.98. The summed E-state index contributed by atoms with van der Waals surface area (Å²) in [4.78, 5) is 0.686. The summed E-state index contributed by atoms with van der Waals surface area (Å²) in [5.74, 6) is 0. The number of methoxy groups -OCH3 is 1. The number of halogens is 1. The van der Waals surface area contributed by atoms with E-state index in [4.69, 9.17) is 9.47 Å². The summed E-state index contributed by atoms with van der Waals surface area (Å²) in [5.41, 5.74) is 0.449. The third kappa shape index (κ3) is 2.46. The molecule has 2 unspecified atom stereocenters. The third-order valence-corrected chi connectivity index (χ3v) is 5.61. The molecular weight excluding hydrogens is 268 g/mol. The van der Waals surface area contributed by atoms with Crippen molar-refractivity contribution in [1.29, 1.82) is 0 Å². The molecule has 2 rings (SSSR count).